The van der Waals surface area contributed by atoms with Crippen molar-refractivity contribution in [1.29, 1.82) is 0 Å². The van der Waals surface area contributed by atoms with Gasteiger partial charge >= 0.3 is 0 Å². The molecule has 0 unspecified atom stereocenters. The molecule has 1 N–H and O–H groups in total. The van der Waals surface area contributed by atoms with Crippen molar-refractivity contribution in [1.82, 2.24) is 14.9 Å². The molecule has 5 nitrogen and oxygen atoms in total. The van der Waals surface area contributed by atoms with Gasteiger partial charge in [0, 0.05) is 15.5 Å². The highest BCUT2D eigenvalue weighted by Crippen LogP contribution is 2.23. The number of thioether (sulfide) groups is 1. The van der Waals surface area contributed by atoms with E-state index in [4.69, 9.17) is 11.6 Å². The highest BCUT2D eigenvalue weighted by atomic mass is 79.9. The summed E-state index contributed by atoms with van der Waals surface area (Å²) < 4.78 is 2.38. The van der Waals surface area contributed by atoms with Crippen molar-refractivity contribution in [3.8, 4) is 0 Å². The lowest BCUT2D eigenvalue weighted by molar-refractivity contribution is -0.119. The van der Waals surface area contributed by atoms with Crippen LogP contribution in [-0.4, -0.2) is 27.3 Å². The molecule has 2 aromatic carbocycles. The first kappa shape index (κ1) is 20.9. The third kappa shape index (κ3) is 4.96. The second kappa shape index (κ2) is 9.11. The zero-order valence-electron chi connectivity index (χ0n) is 15.4. The quantitative estimate of drug-likeness (QED) is 0.417. The van der Waals surface area contributed by atoms with Crippen molar-refractivity contribution in [3.05, 3.63) is 67.9 Å². The number of fused-ring (bicyclic) bond motifs is 1. The zero-order valence-corrected chi connectivity index (χ0v) is 18.6. The van der Waals surface area contributed by atoms with E-state index in [0.29, 0.717) is 21.1 Å². The number of carbonyl (C=O) groups excluding carboxylic acids is 1. The molecular formula is C20H19BrClN3O2S. The average Bonchev–Trinajstić information content (AvgIpc) is 2.64. The van der Waals surface area contributed by atoms with Gasteiger partial charge in [-0.15, -0.1) is 0 Å². The van der Waals surface area contributed by atoms with Crippen molar-refractivity contribution in [2.24, 2.45) is 0 Å². The first-order valence-corrected chi connectivity index (χ1v) is 10.9. The van der Waals surface area contributed by atoms with Crippen LogP contribution in [0.3, 0.4) is 0 Å². The standard InChI is InChI=1S/C20H19BrClN3O2S/c1-12(2)23-18(26)11-28-20-24-17-8-7-14(21)9-15(17)19(27)25(20)10-13-5-3-4-6-16(13)22/h3-9,12H,10-11H2,1-2H3,(H,23,26). The number of halogens is 2. The van der Waals surface area contributed by atoms with Gasteiger partial charge in [-0.2, -0.15) is 0 Å². The second-order valence-corrected chi connectivity index (χ2v) is 8.81. The van der Waals surface area contributed by atoms with Gasteiger partial charge in [0.1, 0.15) is 0 Å². The number of hydrogen-bond acceptors (Lipinski definition) is 4. The van der Waals surface area contributed by atoms with Crippen LogP contribution in [0.1, 0.15) is 19.4 Å². The number of nitrogens with one attached hydrogen (secondary N) is 1. The Hall–Kier alpha value is -1.83. The van der Waals surface area contributed by atoms with E-state index < -0.39 is 0 Å². The van der Waals surface area contributed by atoms with E-state index in [0.717, 1.165) is 10.0 Å². The van der Waals surface area contributed by atoms with E-state index in [1.54, 1.807) is 22.8 Å². The predicted octanol–water partition coefficient (Wildman–Crippen LogP) is 4.48. The number of hydrogen-bond donors (Lipinski definition) is 1. The first-order valence-electron chi connectivity index (χ1n) is 8.71. The van der Waals surface area contributed by atoms with Crippen molar-refractivity contribution in [2.45, 2.75) is 31.6 Å². The van der Waals surface area contributed by atoms with E-state index in [-0.39, 0.29) is 29.8 Å². The summed E-state index contributed by atoms with van der Waals surface area (Å²) in [5.74, 6) is 0.0734. The average molecular weight is 481 g/mol. The summed E-state index contributed by atoms with van der Waals surface area (Å²) in [6, 6.07) is 12.8. The summed E-state index contributed by atoms with van der Waals surface area (Å²) in [6.45, 7) is 4.09. The second-order valence-electron chi connectivity index (χ2n) is 6.55. The third-order valence-electron chi connectivity index (χ3n) is 3.95. The molecule has 0 radical (unpaired) electrons. The number of aromatic nitrogens is 2. The maximum Gasteiger partial charge on any atom is 0.262 e. The number of benzene rings is 2. The zero-order chi connectivity index (χ0) is 20.3. The molecule has 3 aromatic rings. The number of amides is 1. The van der Waals surface area contributed by atoms with Gasteiger partial charge in [0.05, 0.1) is 23.2 Å². The topological polar surface area (TPSA) is 64.0 Å². The lowest BCUT2D eigenvalue weighted by Gasteiger charge is -2.14. The maximum absolute atomic E-state index is 13.2. The van der Waals surface area contributed by atoms with Crippen LogP contribution in [0.5, 0.6) is 0 Å². The molecule has 3 rings (SSSR count). The minimum Gasteiger partial charge on any atom is -0.353 e. The van der Waals surface area contributed by atoms with Crippen LogP contribution >= 0.6 is 39.3 Å². The van der Waals surface area contributed by atoms with Crippen LogP contribution in [0.4, 0.5) is 0 Å². The Bertz CT molecular complexity index is 1080. The Morgan fingerprint density at radius 3 is 2.75 bits per heavy atom. The van der Waals surface area contributed by atoms with Crippen LogP contribution in [0, 0.1) is 0 Å². The van der Waals surface area contributed by atoms with Crippen molar-refractivity contribution >= 4 is 56.1 Å². The Labute approximate surface area is 180 Å². The van der Waals surface area contributed by atoms with Gasteiger partial charge in [-0.25, -0.2) is 4.98 Å². The molecule has 1 heterocycles. The monoisotopic (exact) mass is 479 g/mol. The van der Waals surface area contributed by atoms with Crippen LogP contribution < -0.4 is 10.9 Å². The Balaban J connectivity index is 2.04. The van der Waals surface area contributed by atoms with Gasteiger partial charge < -0.3 is 5.32 Å². The van der Waals surface area contributed by atoms with Gasteiger partial charge in [-0.1, -0.05) is 57.5 Å². The Kier molecular flexibility index (Phi) is 6.80. The predicted molar refractivity (Wildman–Crippen MR) is 118 cm³/mol. The molecule has 0 aliphatic heterocycles. The fraction of sp³-hybridized carbons (Fsp3) is 0.250. The van der Waals surface area contributed by atoms with Gasteiger partial charge in [0.15, 0.2) is 5.16 Å². The van der Waals surface area contributed by atoms with Crippen molar-refractivity contribution < 1.29 is 4.79 Å². The Morgan fingerprint density at radius 2 is 2.04 bits per heavy atom. The van der Waals surface area contributed by atoms with E-state index in [1.165, 1.54) is 11.8 Å². The minimum atomic E-state index is -0.169. The summed E-state index contributed by atoms with van der Waals surface area (Å²) in [4.78, 5) is 29.9. The SMILES string of the molecule is CC(C)NC(=O)CSc1nc2ccc(Br)cc2c(=O)n1Cc1ccccc1Cl. The molecular weight excluding hydrogens is 462 g/mol. The molecule has 0 saturated carbocycles. The largest absolute Gasteiger partial charge is 0.353 e. The van der Waals surface area contributed by atoms with E-state index in [2.05, 4.69) is 26.2 Å². The van der Waals surface area contributed by atoms with Gasteiger partial charge in [0.25, 0.3) is 5.56 Å². The van der Waals surface area contributed by atoms with Gasteiger partial charge in [0.2, 0.25) is 5.91 Å². The van der Waals surface area contributed by atoms with E-state index in [1.807, 2.05) is 38.1 Å². The summed E-state index contributed by atoms with van der Waals surface area (Å²) >= 11 is 10.9. The first-order chi connectivity index (χ1) is 13.3. The van der Waals surface area contributed by atoms with Gasteiger partial charge in [-0.05, 0) is 43.7 Å². The fourth-order valence-corrected chi connectivity index (χ4v) is 4.08. The molecule has 0 atom stereocenters. The smallest absolute Gasteiger partial charge is 0.262 e. The lowest BCUT2D eigenvalue weighted by atomic mass is 10.2. The molecule has 0 aliphatic carbocycles. The third-order valence-corrected chi connectivity index (χ3v) is 5.79. The normalized spacial score (nSPS) is 11.2. The lowest BCUT2D eigenvalue weighted by Crippen LogP contribution is -2.32. The highest BCUT2D eigenvalue weighted by Gasteiger charge is 2.15. The molecule has 28 heavy (non-hydrogen) atoms. The van der Waals surface area contributed by atoms with Gasteiger partial charge in [-0.3, -0.25) is 14.2 Å². The van der Waals surface area contributed by atoms with Crippen LogP contribution in [0.15, 0.2) is 56.9 Å². The molecule has 1 aromatic heterocycles. The molecule has 0 aliphatic rings. The summed E-state index contributed by atoms with van der Waals surface area (Å²) in [6.07, 6.45) is 0. The van der Waals surface area contributed by atoms with Crippen LogP contribution in [-0.2, 0) is 11.3 Å². The highest BCUT2D eigenvalue weighted by molar-refractivity contribution is 9.10. The molecule has 8 heteroatoms. The number of rotatable bonds is 6. The molecule has 0 bridgehead atoms. The van der Waals surface area contributed by atoms with Crippen LogP contribution in [0.2, 0.25) is 5.02 Å². The Morgan fingerprint density at radius 1 is 1.29 bits per heavy atom. The summed E-state index contributed by atoms with van der Waals surface area (Å²) in [5, 5.41) is 4.43. The molecule has 0 spiro atoms. The fourth-order valence-electron chi connectivity index (χ4n) is 2.71. The van der Waals surface area contributed by atoms with E-state index in [9.17, 15) is 9.59 Å². The molecule has 0 fully saturated rings. The van der Waals surface area contributed by atoms with Crippen LogP contribution in [0.25, 0.3) is 10.9 Å². The number of carbonyl (C=O) groups is 1. The van der Waals surface area contributed by atoms with Crippen molar-refractivity contribution in [2.75, 3.05) is 5.75 Å². The summed E-state index contributed by atoms with van der Waals surface area (Å²) in [5.41, 5.74) is 1.24. The molecule has 0 saturated heterocycles. The maximum atomic E-state index is 13.2. The summed E-state index contributed by atoms with van der Waals surface area (Å²) in [7, 11) is 0. The van der Waals surface area contributed by atoms with E-state index >= 15 is 0 Å². The van der Waals surface area contributed by atoms with Crippen molar-refractivity contribution in [3.63, 3.8) is 0 Å². The number of nitrogens with zero attached hydrogens (tertiary/aromatic N) is 2. The molecule has 1 amide bonds. The minimum absolute atomic E-state index is 0.0559. The molecule has 146 valence electrons.